The minimum absolute atomic E-state index is 0.119. The molecule has 0 saturated carbocycles. The third kappa shape index (κ3) is 4.42. The standard InChI is InChI=1S/C13H12F3NO3/c1-8(18)17-11(12(19)20-2)7-9-4-3-5-10(6-9)13(14,15)16/h3-7H,1-2H3,(H,17,18). The molecule has 0 aliphatic rings. The molecule has 7 heteroatoms. The van der Waals surface area contributed by atoms with Crippen LogP contribution in [0, 0.1) is 0 Å². The van der Waals surface area contributed by atoms with Gasteiger partial charge in [-0.2, -0.15) is 13.2 Å². The number of hydrogen-bond donors (Lipinski definition) is 1. The van der Waals surface area contributed by atoms with Crippen molar-refractivity contribution < 1.29 is 27.5 Å². The Balaban J connectivity index is 3.17. The van der Waals surface area contributed by atoms with Gasteiger partial charge in [0.1, 0.15) is 5.70 Å². The molecule has 1 rings (SSSR count). The van der Waals surface area contributed by atoms with E-state index in [1.807, 2.05) is 0 Å². The number of alkyl halides is 3. The van der Waals surface area contributed by atoms with Crippen LogP contribution in [0.3, 0.4) is 0 Å². The van der Waals surface area contributed by atoms with Crippen LogP contribution in [0.15, 0.2) is 30.0 Å². The smallest absolute Gasteiger partial charge is 0.416 e. The fraction of sp³-hybridized carbons (Fsp3) is 0.231. The van der Waals surface area contributed by atoms with Crippen LogP contribution < -0.4 is 5.32 Å². The highest BCUT2D eigenvalue weighted by Crippen LogP contribution is 2.29. The van der Waals surface area contributed by atoms with Crippen LogP contribution in [0.1, 0.15) is 18.1 Å². The maximum Gasteiger partial charge on any atom is 0.416 e. The van der Waals surface area contributed by atoms with Crippen LogP contribution in [-0.4, -0.2) is 19.0 Å². The van der Waals surface area contributed by atoms with Crippen molar-refractivity contribution in [2.75, 3.05) is 7.11 Å². The minimum Gasteiger partial charge on any atom is -0.464 e. The molecular formula is C13H12F3NO3. The Morgan fingerprint density at radius 1 is 1.30 bits per heavy atom. The van der Waals surface area contributed by atoms with E-state index in [0.717, 1.165) is 25.3 Å². The number of carbonyl (C=O) groups is 2. The molecule has 4 nitrogen and oxygen atoms in total. The van der Waals surface area contributed by atoms with E-state index in [4.69, 9.17) is 0 Å². The van der Waals surface area contributed by atoms with E-state index in [0.29, 0.717) is 0 Å². The van der Waals surface area contributed by atoms with E-state index in [1.54, 1.807) is 0 Å². The summed E-state index contributed by atoms with van der Waals surface area (Å²) in [6.07, 6.45) is -3.37. The number of nitrogens with one attached hydrogen (secondary N) is 1. The van der Waals surface area contributed by atoms with Crippen LogP contribution >= 0.6 is 0 Å². The molecule has 1 amide bonds. The molecule has 0 bridgehead atoms. The summed E-state index contributed by atoms with van der Waals surface area (Å²) in [5, 5.41) is 2.20. The summed E-state index contributed by atoms with van der Waals surface area (Å²) in [4.78, 5) is 22.4. The van der Waals surface area contributed by atoms with E-state index < -0.39 is 23.6 Å². The second-order valence-corrected chi connectivity index (χ2v) is 3.85. The van der Waals surface area contributed by atoms with E-state index in [-0.39, 0.29) is 11.3 Å². The summed E-state index contributed by atoms with van der Waals surface area (Å²) < 4.78 is 42.1. The molecule has 0 saturated heterocycles. The number of ether oxygens (including phenoxy) is 1. The summed E-state index contributed by atoms with van der Waals surface area (Å²) in [6, 6.07) is 4.36. The third-order valence-electron chi connectivity index (χ3n) is 2.24. The fourth-order valence-corrected chi connectivity index (χ4v) is 1.42. The van der Waals surface area contributed by atoms with Gasteiger partial charge >= 0.3 is 12.1 Å². The fourth-order valence-electron chi connectivity index (χ4n) is 1.42. The molecule has 1 aromatic rings. The lowest BCUT2D eigenvalue weighted by Crippen LogP contribution is -2.25. The van der Waals surface area contributed by atoms with Crippen molar-refractivity contribution in [2.24, 2.45) is 0 Å². The highest BCUT2D eigenvalue weighted by Gasteiger charge is 2.30. The van der Waals surface area contributed by atoms with E-state index >= 15 is 0 Å². The van der Waals surface area contributed by atoms with Gasteiger partial charge < -0.3 is 10.1 Å². The molecule has 0 radical (unpaired) electrons. The van der Waals surface area contributed by atoms with Gasteiger partial charge in [-0.05, 0) is 23.8 Å². The van der Waals surface area contributed by atoms with E-state index in [2.05, 4.69) is 10.1 Å². The zero-order chi connectivity index (χ0) is 15.3. The second kappa shape index (κ2) is 6.23. The van der Waals surface area contributed by atoms with Crippen molar-refractivity contribution in [3.8, 4) is 0 Å². The maximum absolute atomic E-state index is 12.6. The first-order valence-corrected chi connectivity index (χ1v) is 5.49. The summed E-state index contributed by atoms with van der Waals surface area (Å²) in [5.74, 6) is -1.38. The highest BCUT2D eigenvalue weighted by atomic mass is 19.4. The summed E-state index contributed by atoms with van der Waals surface area (Å²) in [7, 11) is 1.10. The van der Waals surface area contributed by atoms with Crippen LogP contribution in [0.4, 0.5) is 13.2 Å². The molecule has 0 aliphatic heterocycles. The number of methoxy groups -OCH3 is 1. The molecule has 1 aromatic carbocycles. The van der Waals surface area contributed by atoms with Crippen LogP contribution in [0.2, 0.25) is 0 Å². The first-order valence-electron chi connectivity index (χ1n) is 5.49. The number of hydrogen-bond acceptors (Lipinski definition) is 3. The van der Waals surface area contributed by atoms with Crippen molar-refractivity contribution in [3.05, 3.63) is 41.1 Å². The number of carbonyl (C=O) groups excluding carboxylic acids is 2. The Morgan fingerprint density at radius 2 is 1.95 bits per heavy atom. The zero-order valence-corrected chi connectivity index (χ0v) is 10.7. The number of rotatable bonds is 3. The Labute approximate surface area is 113 Å². The molecule has 0 spiro atoms. The van der Waals surface area contributed by atoms with Gasteiger partial charge in [-0.25, -0.2) is 4.79 Å². The van der Waals surface area contributed by atoms with Crippen molar-refractivity contribution in [1.82, 2.24) is 5.32 Å². The number of halogens is 3. The van der Waals surface area contributed by atoms with Gasteiger partial charge in [0.25, 0.3) is 0 Å². The van der Waals surface area contributed by atoms with Gasteiger partial charge in [0.2, 0.25) is 5.91 Å². The minimum atomic E-state index is -4.48. The molecule has 0 fully saturated rings. The highest BCUT2D eigenvalue weighted by molar-refractivity contribution is 5.97. The summed E-state index contributed by atoms with van der Waals surface area (Å²) >= 11 is 0. The van der Waals surface area contributed by atoms with Gasteiger partial charge in [0.15, 0.2) is 0 Å². The Bertz CT molecular complexity index is 550. The average Bonchev–Trinajstić information content (AvgIpc) is 2.36. The molecule has 0 atom stereocenters. The predicted molar refractivity (Wildman–Crippen MR) is 65.3 cm³/mol. The van der Waals surface area contributed by atoms with Crippen molar-refractivity contribution in [1.29, 1.82) is 0 Å². The average molecular weight is 287 g/mol. The van der Waals surface area contributed by atoms with Gasteiger partial charge in [-0.1, -0.05) is 12.1 Å². The van der Waals surface area contributed by atoms with Gasteiger partial charge in [0.05, 0.1) is 12.7 Å². The zero-order valence-electron chi connectivity index (χ0n) is 10.7. The van der Waals surface area contributed by atoms with Gasteiger partial charge in [0, 0.05) is 6.92 Å². The first-order chi connectivity index (χ1) is 9.24. The molecule has 0 heterocycles. The lowest BCUT2D eigenvalue weighted by atomic mass is 10.1. The Kier molecular flexibility index (Phi) is 4.90. The molecular weight excluding hydrogens is 275 g/mol. The van der Waals surface area contributed by atoms with E-state index in [1.165, 1.54) is 19.1 Å². The number of benzene rings is 1. The SMILES string of the molecule is COC(=O)C(=Cc1cccc(C(F)(F)F)c1)NC(C)=O. The normalized spacial score (nSPS) is 11.9. The van der Waals surface area contributed by atoms with Crippen LogP contribution in [0.5, 0.6) is 0 Å². The molecule has 0 unspecified atom stereocenters. The quantitative estimate of drug-likeness (QED) is 0.686. The van der Waals surface area contributed by atoms with Gasteiger partial charge in [-0.3, -0.25) is 4.79 Å². The lowest BCUT2D eigenvalue weighted by Gasteiger charge is -2.08. The summed E-state index contributed by atoms with van der Waals surface area (Å²) in [5.41, 5.74) is -0.966. The predicted octanol–water partition coefficient (Wildman–Crippen LogP) is 2.36. The Hall–Kier alpha value is -2.31. The molecule has 1 N–H and O–H groups in total. The molecule has 108 valence electrons. The maximum atomic E-state index is 12.6. The lowest BCUT2D eigenvalue weighted by molar-refractivity contribution is -0.138. The van der Waals surface area contributed by atoms with Crippen molar-refractivity contribution in [3.63, 3.8) is 0 Å². The van der Waals surface area contributed by atoms with Gasteiger partial charge in [-0.15, -0.1) is 0 Å². The second-order valence-electron chi connectivity index (χ2n) is 3.85. The summed E-state index contributed by atoms with van der Waals surface area (Å²) in [6.45, 7) is 1.17. The topological polar surface area (TPSA) is 55.4 Å². The number of amides is 1. The first kappa shape index (κ1) is 15.7. The largest absolute Gasteiger partial charge is 0.464 e. The molecule has 0 aromatic heterocycles. The molecule has 0 aliphatic carbocycles. The Morgan fingerprint density at radius 3 is 2.45 bits per heavy atom. The van der Waals surface area contributed by atoms with Crippen molar-refractivity contribution >= 4 is 18.0 Å². The van der Waals surface area contributed by atoms with Crippen molar-refractivity contribution in [2.45, 2.75) is 13.1 Å². The van der Waals surface area contributed by atoms with Crippen LogP contribution in [-0.2, 0) is 20.5 Å². The molecule has 20 heavy (non-hydrogen) atoms. The van der Waals surface area contributed by atoms with Crippen LogP contribution in [0.25, 0.3) is 6.08 Å². The number of esters is 1. The third-order valence-corrected chi connectivity index (χ3v) is 2.24. The monoisotopic (exact) mass is 287 g/mol. The van der Waals surface area contributed by atoms with E-state index in [9.17, 15) is 22.8 Å².